The Balaban J connectivity index is 1.55. The Labute approximate surface area is 176 Å². The van der Waals surface area contributed by atoms with Crippen molar-refractivity contribution in [3.8, 4) is 0 Å². The number of alkyl halides is 3. The number of carbonyl (C=O) groups excluding carboxylic acids is 1. The van der Waals surface area contributed by atoms with Gasteiger partial charge in [0.15, 0.2) is 5.69 Å². The van der Waals surface area contributed by atoms with Gasteiger partial charge in [0.25, 0.3) is 11.6 Å². The van der Waals surface area contributed by atoms with Gasteiger partial charge in [-0.2, -0.15) is 13.2 Å². The highest BCUT2D eigenvalue weighted by Crippen LogP contribution is 2.40. The van der Waals surface area contributed by atoms with Crippen molar-refractivity contribution < 1.29 is 27.0 Å². The zero-order chi connectivity index (χ0) is 22.3. The minimum atomic E-state index is -4.54. The number of amides is 1. The predicted molar refractivity (Wildman–Crippen MR) is 105 cm³/mol. The fourth-order valence-corrected chi connectivity index (χ4v) is 3.89. The summed E-state index contributed by atoms with van der Waals surface area (Å²) in [5.74, 6) is 0.240. The van der Waals surface area contributed by atoms with Crippen LogP contribution in [0.15, 0.2) is 21.2 Å². The summed E-state index contributed by atoms with van der Waals surface area (Å²) in [6, 6.07) is 2.70. The molecule has 0 bridgehead atoms. The third-order valence-electron chi connectivity index (χ3n) is 5.68. The molecule has 0 radical (unpaired) electrons. The first kappa shape index (κ1) is 21.3. The van der Waals surface area contributed by atoms with E-state index >= 15 is 0 Å². The smallest absolute Gasteiger partial charge is 0.360 e. The molecule has 0 aliphatic carbocycles. The average molecular weight is 436 g/mol. The molecule has 3 aromatic heterocycles. The largest absolute Gasteiger partial charge is 0.417 e. The van der Waals surface area contributed by atoms with Crippen LogP contribution in [-0.4, -0.2) is 39.2 Å². The van der Waals surface area contributed by atoms with Gasteiger partial charge in [-0.3, -0.25) is 4.79 Å². The lowest BCUT2D eigenvalue weighted by Gasteiger charge is -2.30. The molecule has 1 aliphatic rings. The van der Waals surface area contributed by atoms with Crippen LogP contribution in [0.1, 0.15) is 78.6 Å². The number of piperidine rings is 1. The van der Waals surface area contributed by atoms with E-state index in [0.717, 1.165) is 6.07 Å². The van der Waals surface area contributed by atoms with Crippen molar-refractivity contribution in [2.45, 2.75) is 58.0 Å². The van der Waals surface area contributed by atoms with E-state index < -0.39 is 11.7 Å². The lowest BCUT2D eigenvalue weighted by Crippen LogP contribution is -2.38. The van der Waals surface area contributed by atoms with E-state index in [-0.39, 0.29) is 40.2 Å². The summed E-state index contributed by atoms with van der Waals surface area (Å²) < 4.78 is 51.5. The molecule has 0 saturated carbocycles. The Morgan fingerprint density at radius 3 is 2.48 bits per heavy atom. The third-order valence-corrected chi connectivity index (χ3v) is 5.68. The molecule has 1 fully saturated rings. The molecule has 1 aliphatic heterocycles. The highest BCUT2D eigenvalue weighted by Gasteiger charge is 2.38. The molecule has 0 atom stereocenters. The second-order valence-corrected chi connectivity index (χ2v) is 8.10. The van der Waals surface area contributed by atoms with Crippen LogP contribution in [0.4, 0.5) is 13.2 Å². The van der Waals surface area contributed by atoms with Crippen LogP contribution in [-0.2, 0) is 12.6 Å². The topological polar surface area (TPSA) is 85.3 Å². The molecule has 0 aromatic carbocycles. The van der Waals surface area contributed by atoms with Crippen molar-refractivity contribution in [2.24, 2.45) is 0 Å². The zero-order valence-electron chi connectivity index (χ0n) is 17.5. The number of aryl methyl sites for hydroxylation is 1. The summed E-state index contributed by atoms with van der Waals surface area (Å²) in [5, 5.41) is 7.73. The highest BCUT2D eigenvalue weighted by molar-refractivity contribution is 5.92. The van der Waals surface area contributed by atoms with Gasteiger partial charge >= 0.3 is 6.18 Å². The van der Waals surface area contributed by atoms with E-state index in [1.165, 1.54) is 0 Å². The van der Waals surface area contributed by atoms with Gasteiger partial charge in [-0.15, -0.1) is 0 Å². The lowest BCUT2D eigenvalue weighted by atomic mass is 9.90. The fourth-order valence-electron chi connectivity index (χ4n) is 3.89. The van der Waals surface area contributed by atoms with Crippen LogP contribution in [0, 0.1) is 0 Å². The molecule has 10 heteroatoms. The molecule has 4 rings (SSSR count). The summed E-state index contributed by atoms with van der Waals surface area (Å²) in [6.07, 6.45) is -3.25. The number of aromatic nitrogens is 3. The van der Waals surface area contributed by atoms with E-state index in [0.29, 0.717) is 43.8 Å². The Kier molecular flexibility index (Phi) is 5.49. The molecule has 1 saturated heterocycles. The number of fused-ring (bicyclic) bond motifs is 1. The van der Waals surface area contributed by atoms with Crippen LogP contribution >= 0.6 is 0 Å². The fraction of sp³-hybridized carbons (Fsp3) is 0.524. The maximum Gasteiger partial charge on any atom is 0.417 e. The number of pyridine rings is 1. The van der Waals surface area contributed by atoms with Crippen LogP contribution < -0.4 is 0 Å². The number of halogens is 3. The van der Waals surface area contributed by atoms with Crippen LogP contribution in [0.5, 0.6) is 0 Å². The number of hydrogen-bond acceptors (Lipinski definition) is 6. The summed E-state index contributed by atoms with van der Waals surface area (Å²) in [6.45, 7) is 6.37. The SMILES string of the molecule is CCc1cc(C(F)(F)F)c2c(C3CCN(C(=O)c4cc(C(C)C)on4)CC3)noc2n1. The standard InChI is InChI=1S/C21H23F3N4O3/c1-4-13-9-14(21(22,23)24)17-18(27-31-19(17)25-13)12-5-7-28(8-6-12)20(29)15-10-16(11(2)3)30-26-15/h9-12H,4-8H2,1-3H3. The van der Waals surface area contributed by atoms with E-state index in [2.05, 4.69) is 15.3 Å². The van der Waals surface area contributed by atoms with E-state index in [1.807, 2.05) is 13.8 Å². The molecule has 4 heterocycles. The van der Waals surface area contributed by atoms with Gasteiger partial charge in [-0.25, -0.2) is 4.98 Å². The highest BCUT2D eigenvalue weighted by atomic mass is 19.4. The third kappa shape index (κ3) is 4.03. The first-order valence-corrected chi connectivity index (χ1v) is 10.3. The summed E-state index contributed by atoms with van der Waals surface area (Å²) in [4.78, 5) is 18.5. The van der Waals surface area contributed by atoms with Crippen molar-refractivity contribution in [2.75, 3.05) is 13.1 Å². The second-order valence-electron chi connectivity index (χ2n) is 8.10. The molecule has 7 nitrogen and oxygen atoms in total. The first-order valence-electron chi connectivity index (χ1n) is 10.3. The van der Waals surface area contributed by atoms with Crippen molar-refractivity contribution in [3.63, 3.8) is 0 Å². The summed E-state index contributed by atoms with van der Waals surface area (Å²) >= 11 is 0. The normalized spacial score (nSPS) is 15.9. The van der Waals surface area contributed by atoms with Crippen LogP contribution in [0.25, 0.3) is 11.1 Å². The molecular formula is C21H23F3N4O3. The lowest BCUT2D eigenvalue weighted by molar-refractivity contribution is -0.136. The van der Waals surface area contributed by atoms with Crippen molar-refractivity contribution >= 4 is 17.0 Å². The quantitative estimate of drug-likeness (QED) is 0.576. The van der Waals surface area contributed by atoms with Gasteiger partial charge in [0.1, 0.15) is 5.76 Å². The van der Waals surface area contributed by atoms with Gasteiger partial charge < -0.3 is 13.9 Å². The minimum Gasteiger partial charge on any atom is -0.360 e. The number of carbonyl (C=O) groups is 1. The second kappa shape index (κ2) is 7.97. The van der Waals surface area contributed by atoms with Gasteiger partial charge in [0, 0.05) is 36.7 Å². The van der Waals surface area contributed by atoms with Gasteiger partial charge in [0.05, 0.1) is 16.6 Å². The number of hydrogen-bond donors (Lipinski definition) is 0. The summed E-state index contributed by atoms with van der Waals surface area (Å²) in [5.41, 5.74) is -0.0639. The molecule has 0 N–H and O–H groups in total. The molecule has 1 amide bonds. The first-order chi connectivity index (χ1) is 14.7. The van der Waals surface area contributed by atoms with Gasteiger partial charge in [-0.05, 0) is 25.3 Å². The van der Waals surface area contributed by atoms with Gasteiger partial charge in [-0.1, -0.05) is 31.1 Å². The average Bonchev–Trinajstić information content (AvgIpc) is 3.39. The number of rotatable bonds is 4. The number of nitrogens with zero attached hydrogens (tertiary/aromatic N) is 4. The maximum atomic E-state index is 13.7. The van der Waals surface area contributed by atoms with Crippen molar-refractivity contribution in [1.29, 1.82) is 0 Å². The minimum absolute atomic E-state index is 0.0763. The van der Waals surface area contributed by atoms with Crippen LogP contribution in [0.2, 0.25) is 0 Å². The Hall–Kier alpha value is -2.91. The monoisotopic (exact) mass is 436 g/mol. The molecule has 0 unspecified atom stereocenters. The summed E-state index contributed by atoms with van der Waals surface area (Å²) in [7, 11) is 0. The maximum absolute atomic E-state index is 13.7. The molecule has 166 valence electrons. The Bertz CT molecular complexity index is 1100. The number of likely N-dealkylation sites (tertiary alicyclic amines) is 1. The van der Waals surface area contributed by atoms with Gasteiger partial charge in [0.2, 0.25) is 0 Å². The molecule has 31 heavy (non-hydrogen) atoms. The van der Waals surface area contributed by atoms with Crippen molar-refractivity contribution in [3.05, 3.63) is 40.5 Å². The van der Waals surface area contributed by atoms with Crippen molar-refractivity contribution in [1.82, 2.24) is 20.2 Å². The predicted octanol–water partition coefficient (Wildman–Crippen LogP) is 4.94. The molecule has 3 aromatic rings. The zero-order valence-corrected chi connectivity index (χ0v) is 17.5. The van der Waals surface area contributed by atoms with E-state index in [1.54, 1.807) is 17.9 Å². The molecule has 0 spiro atoms. The van der Waals surface area contributed by atoms with E-state index in [4.69, 9.17) is 9.05 Å². The Morgan fingerprint density at radius 2 is 1.90 bits per heavy atom. The Morgan fingerprint density at radius 1 is 1.19 bits per heavy atom. The molecular weight excluding hydrogens is 413 g/mol. The van der Waals surface area contributed by atoms with E-state index in [9.17, 15) is 18.0 Å². The van der Waals surface area contributed by atoms with Crippen LogP contribution in [0.3, 0.4) is 0 Å².